The maximum absolute atomic E-state index is 13.2. The van der Waals surface area contributed by atoms with Crippen LogP contribution in [0.1, 0.15) is 142 Å². The Bertz CT molecular complexity index is 6800. The molecule has 0 radical (unpaired) electrons. The van der Waals surface area contributed by atoms with E-state index in [2.05, 4.69) is 161 Å². The Labute approximate surface area is 797 Å². The van der Waals surface area contributed by atoms with E-state index in [1.54, 1.807) is 80.4 Å². The molecule has 2 fully saturated rings. The number of halogens is 7. The number of carbonyl (C=O) groups excluding carboxylic acids is 4. The molecule has 8 N–H and O–H groups in total. The number of benzene rings is 10. The predicted molar refractivity (Wildman–Crippen MR) is 513 cm³/mol. The van der Waals surface area contributed by atoms with Gasteiger partial charge in [0, 0.05) is 101 Å². The normalized spacial score (nSPS) is 16.2. The van der Waals surface area contributed by atoms with Gasteiger partial charge in [-0.05, 0) is 186 Å². The van der Waals surface area contributed by atoms with Crippen LogP contribution in [0.3, 0.4) is 0 Å². The van der Waals surface area contributed by atoms with E-state index in [0.717, 1.165) is 61.9 Å². The minimum absolute atomic E-state index is 0.00105. The number of aromatic carboxylic acids is 1. The molecule has 3 aromatic heterocycles. The Balaban J connectivity index is 0.000000137. The molecule has 10 aromatic carbocycles. The number of hydrogen-bond donors (Lipinski definition) is 7. The topological polar surface area (TPSA) is 375 Å². The van der Waals surface area contributed by atoms with Crippen LogP contribution in [0.2, 0.25) is 0 Å². The summed E-state index contributed by atoms with van der Waals surface area (Å²) in [5, 5.41) is 42.8. The Hall–Kier alpha value is -12.6. The number of nitrogen functional groups attached to an aromatic ring is 1. The molecular weight excluding hydrogens is 1970 g/mol. The third kappa shape index (κ3) is 24.8. The fourth-order valence-corrected chi connectivity index (χ4v) is 17.5. The zero-order valence-corrected chi connectivity index (χ0v) is 77.9. The van der Waals surface area contributed by atoms with Gasteiger partial charge >= 0.3 is 18.3 Å². The maximum Gasteiger partial charge on any atom is 0.508 e. The molecular formula is C99H86Br3Cl2F2N9O17S. The first kappa shape index (κ1) is 97.9. The number of aliphatic hydroxyl groups excluding tert-OH is 3. The molecule has 0 saturated carbocycles. The van der Waals surface area contributed by atoms with Crippen molar-refractivity contribution in [1.82, 2.24) is 39.3 Å². The molecule has 7 aliphatic rings. The average Bonchev–Trinajstić information content (AvgIpc) is 1.60. The van der Waals surface area contributed by atoms with Gasteiger partial charge in [0.2, 0.25) is 21.0 Å². The van der Waals surface area contributed by atoms with E-state index in [1.807, 2.05) is 72.8 Å². The van der Waals surface area contributed by atoms with E-state index in [1.165, 1.54) is 63.7 Å². The van der Waals surface area contributed by atoms with Crippen molar-refractivity contribution in [2.45, 2.75) is 106 Å². The second kappa shape index (κ2) is 46.2. The lowest BCUT2D eigenvalue weighted by Crippen LogP contribution is -2.31. The molecule has 13 aromatic rings. The number of terminal acetylenes is 1. The number of rotatable bonds is 12. The highest BCUT2D eigenvalue weighted by molar-refractivity contribution is 9.11. The molecule has 5 aliphatic heterocycles. The number of ether oxygens (including phenoxy) is 4. The van der Waals surface area contributed by atoms with Crippen LogP contribution >= 0.6 is 69.2 Å². The van der Waals surface area contributed by atoms with Crippen LogP contribution in [-0.2, 0) is 57.0 Å². The number of aromatic nitrogens is 6. The molecule has 133 heavy (non-hydrogen) atoms. The van der Waals surface area contributed by atoms with E-state index in [-0.39, 0.29) is 140 Å². The number of nitrogens with zero attached hydrogens (tertiary/aromatic N) is 6. The number of carboxylic acids is 1. The van der Waals surface area contributed by atoms with Crippen LogP contribution in [0.15, 0.2) is 246 Å². The highest BCUT2D eigenvalue weighted by atomic mass is 79.9. The lowest BCUT2D eigenvalue weighted by atomic mass is 9.98. The monoisotopic (exact) mass is 2050 g/mol. The Kier molecular flexibility index (Phi) is 34.0. The van der Waals surface area contributed by atoms with Crippen molar-refractivity contribution < 1.29 is 76.3 Å². The van der Waals surface area contributed by atoms with Crippen LogP contribution in [0.5, 0.6) is 0 Å². The van der Waals surface area contributed by atoms with Gasteiger partial charge in [0.15, 0.2) is 0 Å². The standard InChI is InChI=1S/C27H21BrN2O4.C20H15FN2O2.C20H19NO4.C12H11BrN2O2.C8H5F.C7H6BrNO2.C5H9NO2.Cl2OS/c28-16-9-11-22-24(13-16)29-25-12-10-17(30(25)26(22)31)14-33-27(32)34-15-23-20-7-3-1-5-18(20)19-6-2-4-8-21(19)23;21-15-3-1-2-13(10-15)4-5-14-6-8-17-18(11-14)22-19-9-7-16(12-24)23(19)20(17)25;22-19-10-9-13(21-19)11-24-20(23)25-12-18-16-7-3-1-5-14(16)15-6-2-4-8-17(15)18;13-7-1-3-9-10(5-7)14-11-4-2-8(6-16)15(11)12(9)17;1-2-7-4-3-5-8(9)6-7;8-4-1-2-5(7(10)11)6(9)3-4;7-3-4-1-2-5(8)6-4;1-4(2)3/h1-9,11,13,17,23H,10,12,14-15H2;1-3,6,8,10-11,16,24H,7,9,12H2;1-8,13,18H,9-12H2,(H,21,22);1,3,5,8,16H,2,4,6H2;1,3-6H;1-3H,9H2,(H,10,11);4,7H,1-3H2,(H,6,8);. The van der Waals surface area contributed by atoms with Gasteiger partial charge < -0.3 is 55.7 Å². The van der Waals surface area contributed by atoms with Crippen LogP contribution in [0, 0.1) is 35.8 Å². The minimum Gasteiger partial charge on any atom is -0.478 e. The number of nitrogens with one attached hydrogen (secondary N) is 2. The van der Waals surface area contributed by atoms with E-state index < -0.39 is 27.5 Å². The van der Waals surface area contributed by atoms with Gasteiger partial charge in [-0.2, -0.15) is 0 Å². The number of nitrogens with two attached hydrogens (primary N) is 1. The average molecular weight is 2050 g/mol. The number of amides is 2. The summed E-state index contributed by atoms with van der Waals surface area (Å²) in [6.07, 6.45) is 10.4. The first-order valence-electron chi connectivity index (χ1n) is 42.0. The van der Waals surface area contributed by atoms with Gasteiger partial charge in [-0.25, -0.2) is 42.3 Å². The van der Waals surface area contributed by atoms with Gasteiger partial charge in [-0.1, -0.05) is 175 Å². The first-order chi connectivity index (χ1) is 64.2. The van der Waals surface area contributed by atoms with E-state index in [4.69, 9.17) is 45.5 Å². The molecule has 5 unspecified atom stereocenters. The maximum atomic E-state index is 13.2. The van der Waals surface area contributed by atoms with Gasteiger partial charge in [-0.15, -0.1) is 6.42 Å². The summed E-state index contributed by atoms with van der Waals surface area (Å²) >= 11 is 9.97. The number of fused-ring (bicyclic) bond motifs is 12. The molecule has 8 heterocycles. The summed E-state index contributed by atoms with van der Waals surface area (Å²) in [7, 11) is 7.36. The number of carboxylic acid groups (broad SMARTS) is 1. The molecule has 684 valence electrons. The van der Waals surface area contributed by atoms with Crippen molar-refractivity contribution in [2.75, 3.05) is 52.0 Å². The van der Waals surface area contributed by atoms with Crippen molar-refractivity contribution in [3.8, 4) is 46.4 Å². The molecule has 0 spiro atoms. The van der Waals surface area contributed by atoms with Gasteiger partial charge in [0.05, 0.1) is 88.3 Å². The quantitative estimate of drug-likeness (QED) is 0.0258. The molecule has 2 amide bonds. The third-order valence-electron chi connectivity index (χ3n) is 22.7. The Morgan fingerprint density at radius 3 is 1.21 bits per heavy atom. The number of anilines is 1. The molecule has 20 rings (SSSR count). The van der Waals surface area contributed by atoms with Crippen molar-refractivity contribution in [3.63, 3.8) is 0 Å². The summed E-state index contributed by atoms with van der Waals surface area (Å²) in [5.74, 6) is 8.86. The van der Waals surface area contributed by atoms with Crippen LogP contribution in [0.25, 0.3) is 55.0 Å². The summed E-state index contributed by atoms with van der Waals surface area (Å²) in [5.41, 5.74) is 18.8. The lowest BCUT2D eigenvalue weighted by Gasteiger charge is -2.17. The highest BCUT2D eigenvalue weighted by Crippen LogP contribution is 2.46. The Morgan fingerprint density at radius 1 is 0.451 bits per heavy atom. The summed E-state index contributed by atoms with van der Waals surface area (Å²) in [6.45, 7) is 0.689. The molecule has 0 bridgehead atoms. The molecule has 26 nitrogen and oxygen atoms in total. The molecule has 2 saturated heterocycles. The van der Waals surface area contributed by atoms with E-state index in [9.17, 15) is 57.4 Å². The zero-order chi connectivity index (χ0) is 94.5. The van der Waals surface area contributed by atoms with Gasteiger partial charge in [0.1, 0.15) is 55.5 Å². The zero-order valence-electron chi connectivity index (χ0n) is 70.8. The molecule has 5 atom stereocenters. The summed E-state index contributed by atoms with van der Waals surface area (Å²) in [6, 6.07) is 65.0. The Morgan fingerprint density at radius 2 is 0.820 bits per heavy atom. The van der Waals surface area contributed by atoms with Gasteiger partial charge in [0.25, 0.3) is 16.7 Å². The van der Waals surface area contributed by atoms with Crippen LogP contribution in [0.4, 0.5) is 24.1 Å². The van der Waals surface area contributed by atoms with Crippen molar-refractivity contribution in [1.29, 1.82) is 0 Å². The summed E-state index contributed by atoms with van der Waals surface area (Å²) in [4.78, 5) is 108. The van der Waals surface area contributed by atoms with Crippen molar-refractivity contribution in [2.24, 2.45) is 0 Å². The molecule has 2 aliphatic carbocycles. The number of aliphatic hydroxyl groups is 3. The van der Waals surface area contributed by atoms with Crippen LogP contribution < -0.4 is 33.0 Å². The molecule has 34 heteroatoms. The van der Waals surface area contributed by atoms with Crippen molar-refractivity contribution in [3.05, 3.63) is 336 Å². The number of hydrogen-bond acceptors (Lipinski definition) is 20. The second-order valence-electron chi connectivity index (χ2n) is 31.2. The summed E-state index contributed by atoms with van der Waals surface area (Å²) < 4.78 is 63.5. The number of carbonyl (C=O) groups is 5. The third-order valence-corrected chi connectivity index (χ3v) is 24.2. The first-order valence-corrected chi connectivity index (χ1v) is 47.2. The minimum atomic E-state index is -1.67. The lowest BCUT2D eigenvalue weighted by molar-refractivity contribution is -0.120. The van der Waals surface area contributed by atoms with E-state index in [0.29, 0.717) is 93.7 Å². The SMILES string of the molecule is C#Cc1cccc(F)c1.Nc1cc(Br)ccc1C(=O)O.O=C(OCC1c2ccccc2-c2ccccc21)OCC1CCc2nc3cc(Br)ccc3c(=O)n21.O=C1CCC(CO)N1.O=C1CCC(COC(=O)OCC2c3ccccc3-c3ccccc32)N1.O=S(Cl)Cl.O=c1c2ccc(Br)cc2nc2n1C(CO)CC2.O=c1c2ccc(C#Cc3cccc(F)c3)cc2nc2n1C(CO)CC2. The highest BCUT2D eigenvalue weighted by Gasteiger charge is 2.34. The largest absolute Gasteiger partial charge is 0.508 e. The smallest absolute Gasteiger partial charge is 0.478 e. The van der Waals surface area contributed by atoms with Crippen molar-refractivity contribution >= 4 is 147 Å². The second-order valence-corrected chi connectivity index (χ2v) is 36.5. The predicted octanol–water partition coefficient (Wildman–Crippen LogP) is 16.7. The fraction of sp³-hybridized carbons (Fsp3) is 0.242. The van der Waals surface area contributed by atoms with E-state index >= 15 is 0 Å². The fourth-order valence-electron chi connectivity index (χ4n) is 16.4. The number of aryl methyl sites for hydroxylation is 3. The van der Waals surface area contributed by atoms with Gasteiger partial charge in [-0.3, -0.25) is 37.7 Å². The van der Waals surface area contributed by atoms with Crippen LogP contribution in [-0.4, -0.2) is 142 Å².